The second-order valence-electron chi connectivity index (χ2n) is 9.15. The molecule has 0 saturated heterocycles. The van der Waals surface area contributed by atoms with E-state index in [9.17, 15) is 18.4 Å². The quantitative estimate of drug-likeness (QED) is 0.161. The van der Waals surface area contributed by atoms with Crippen LogP contribution < -0.4 is 15.4 Å². The van der Waals surface area contributed by atoms with E-state index in [4.69, 9.17) is 4.74 Å². The number of carbonyl (C=O) groups excluding carboxylic acids is 2. The second kappa shape index (κ2) is 12.5. The minimum atomic E-state index is -2.23. The highest BCUT2D eigenvalue weighted by molar-refractivity contribution is 7.79. The summed E-state index contributed by atoms with van der Waals surface area (Å²) >= 11 is -2.23. The number of aromatic amines is 1. The molecule has 4 aromatic carbocycles. The number of rotatable bonds is 9. The predicted molar refractivity (Wildman–Crippen MR) is 159 cm³/mol. The van der Waals surface area contributed by atoms with Crippen molar-refractivity contribution in [3.8, 4) is 28.1 Å². The smallest absolute Gasteiger partial charge is 0.268 e. The topological polar surface area (TPSA) is 121 Å². The van der Waals surface area contributed by atoms with Crippen LogP contribution in [0, 0.1) is 0 Å². The number of nitrogens with one attached hydrogen (secondary N) is 3. The number of amides is 2. The summed E-state index contributed by atoms with van der Waals surface area (Å²) in [5, 5.41) is 5.63. The number of benzene rings is 4. The molecule has 206 valence electrons. The number of hydrogen-bond donors (Lipinski definition) is 4. The molecule has 41 heavy (non-hydrogen) atoms. The third-order valence-corrected chi connectivity index (χ3v) is 7.26. The molecule has 0 aliphatic rings. The first kappa shape index (κ1) is 27.6. The molecule has 1 atom stereocenters. The van der Waals surface area contributed by atoms with E-state index in [0.29, 0.717) is 11.3 Å². The molecular weight excluding hydrogens is 538 g/mol. The molecule has 8 nitrogen and oxygen atoms in total. The molecule has 1 unspecified atom stereocenters. The van der Waals surface area contributed by atoms with Gasteiger partial charge < -0.3 is 24.9 Å². The first-order valence-electron chi connectivity index (χ1n) is 12.7. The summed E-state index contributed by atoms with van der Waals surface area (Å²) in [6, 6.07) is 32.4. The first-order chi connectivity index (χ1) is 19.9. The van der Waals surface area contributed by atoms with Crippen molar-refractivity contribution in [1.29, 1.82) is 0 Å². The number of anilines is 1. The second-order valence-corrected chi connectivity index (χ2v) is 10.1. The van der Waals surface area contributed by atoms with E-state index in [0.717, 1.165) is 33.7 Å². The van der Waals surface area contributed by atoms with Gasteiger partial charge in [-0.25, -0.2) is 4.21 Å². The van der Waals surface area contributed by atoms with Gasteiger partial charge in [-0.15, -0.1) is 0 Å². The van der Waals surface area contributed by atoms with Crippen molar-refractivity contribution in [3.63, 3.8) is 0 Å². The highest BCUT2D eigenvalue weighted by atomic mass is 32.2. The van der Waals surface area contributed by atoms with E-state index in [1.54, 1.807) is 49.6 Å². The van der Waals surface area contributed by atoms with E-state index in [-0.39, 0.29) is 23.0 Å². The fraction of sp³-hybridized carbons (Fsp3) is 0.0625. The zero-order chi connectivity index (χ0) is 28.8. The molecular formula is C32H27N3O5S. The Bertz CT molecular complexity index is 1700. The lowest BCUT2D eigenvalue weighted by atomic mass is 10.0. The van der Waals surface area contributed by atoms with Crippen molar-refractivity contribution in [1.82, 2.24) is 10.3 Å². The Hall–Kier alpha value is -4.99. The van der Waals surface area contributed by atoms with Gasteiger partial charge in [0.05, 0.1) is 17.7 Å². The molecule has 0 saturated carbocycles. The van der Waals surface area contributed by atoms with Gasteiger partial charge in [0.15, 0.2) is 11.1 Å². The molecule has 0 aliphatic heterocycles. The maximum atomic E-state index is 13.4. The molecule has 1 heterocycles. The maximum Gasteiger partial charge on any atom is 0.268 e. The lowest BCUT2D eigenvalue weighted by molar-refractivity contribution is 0.0946. The van der Waals surface area contributed by atoms with Crippen LogP contribution in [0.4, 0.5) is 5.69 Å². The maximum absolute atomic E-state index is 13.4. The number of H-pyrrole nitrogens is 1. The highest BCUT2D eigenvalue weighted by Gasteiger charge is 2.18. The van der Waals surface area contributed by atoms with Crippen LogP contribution in [0.3, 0.4) is 0 Å². The van der Waals surface area contributed by atoms with E-state index in [1.807, 2.05) is 60.7 Å². The van der Waals surface area contributed by atoms with Gasteiger partial charge >= 0.3 is 0 Å². The molecule has 0 aliphatic carbocycles. The lowest BCUT2D eigenvalue weighted by Crippen LogP contribution is -2.23. The van der Waals surface area contributed by atoms with E-state index < -0.39 is 17.0 Å². The fourth-order valence-corrected chi connectivity index (χ4v) is 4.87. The summed E-state index contributed by atoms with van der Waals surface area (Å²) in [5.41, 5.74) is 5.29. The Labute approximate surface area is 239 Å². The fourth-order valence-electron chi connectivity index (χ4n) is 4.37. The van der Waals surface area contributed by atoms with E-state index >= 15 is 0 Å². The Morgan fingerprint density at radius 3 is 2.20 bits per heavy atom. The van der Waals surface area contributed by atoms with Gasteiger partial charge in [0.1, 0.15) is 11.4 Å². The molecule has 0 spiro atoms. The highest BCUT2D eigenvalue weighted by Crippen LogP contribution is 2.31. The summed E-state index contributed by atoms with van der Waals surface area (Å²) in [7, 11) is 1.61. The minimum absolute atomic E-state index is 0.119. The molecule has 0 bridgehead atoms. The number of methoxy groups -OCH3 is 1. The molecule has 5 aromatic rings. The first-order valence-corrected chi connectivity index (χ1v) is 13.8. The Balaban J connectivity index is 1.31. The third-order valence-electron chi connectivity index (χ3n) is 6.52. The van der Waals surface area contributed by atoms with Gasteiger partial charge in [0.2, 0.25) is 0 Å². The number of para-hydroxylation sites is 1. The van der Waals surface area contributed by atoms with Gasteiger partial charge in [-0.1, -0.05) is 66.7 Å². The zero-order valence-corrected chi connectivity index (χ0v) is 22.9. The molecule has 0 radical (unpaired) electrons. The Morgan fingerprint density at radius 2 is 1.51 bits per heavy atom. The van der Waals surface area contributed by atoms with Crippen molar-refractivity contribution in [2.45, 2.75) is 11.4 Å². The summed E-state index contributed by atoms with van der Waals surface area (Å²) in [6.07, 6.45) is 0. The van der Waals surface area contributed by atoms with Crippen LogP contribution in [-0.4, -0.2) is 32.7 Å². The number of hydrogen-bond acceptors (Lipinski definition) is 4. The number of aromatic nitrogens is 1. The summed E-state index contributed by atoms with van der Waals surface area (Å²) in [4.78, 5) is 29.5. The van der Waals surface area contributed by atoms with Gasteiger partial charge in [0, 0.05) is 23.4 Å². The third kappa shape index (κ3) is 6.43. The predicted octanol–water partition coefficient (Wildman–Crippen LogP) is 6.12. The normalized spacial score (nSPS) is 11.5. The average molecular weight is 566 g/mol. The van der Waals surface area contributed by atoms with Crippen LogP contribution in [0.1, 0.15) is 26.4 Å². The van der Waals surface area contributed by atoms with Crippen LogP contribution >= 0.6 is 0 Å². The zero-order valence-electron chi connectivity index (χ0n) is 22.1. The Morgan fingerprint density at radius 1 is 0.829 bits per heavy atom. The van der Waals surface area contributed by atoms with Crippen molar-refractivity contribution in [2.75, 3.05) is 12.4 Å². The van der Waals surface area contributed by atoms with Crippen molar-refractivity contribution < 1.29 is 23.1 Å². The van der Waals surface area contributed by atoms with Gasteiger partial charge in [-0.2, -0.15) is 0 Å². The number of ether oxygens (including phenoxy) is 1. The lowest BCUT2D eigenvalue weighted by Gasteiger charge is -2.10. The molecule has 9 heteroatoms. The number of carbonyl (C=O) groups is 2. The van der Waals surface area contributed by atoms with Crippen LogP contribution in [0.5, 0.6) is 5.75 Å². The van der Waals surface area contributed by atoms with E-state index in [2.05, 4.69) is 15.6 Å². The standard InChI is InChI=1S/C32H27N3O5S/c1-40-25-17-15-22(16-18-25)26-19-28(23-7-3-2-4-8-23)34-30(26)32(37)33-20-21-11-13-24(14-12-21)31(36)35-27-9-5-6-10-29(27)41(38)39/h2-19,34H,20H2,1H3,(H,33,37)(H,35,36)(H,38,39). The van der Waals surface area contributed by atoms with Crippen LogP contribution in [0.25, 0.3) is 22.4 Å². The molecule has 2 amide bonds. The molecule has 5 rings (SSSR count). The van der Waals surface area contributed by atoms with Crippen LogP contribution in [0.2, 0.25) is 0 Å². The minimum Gasteiger partial charge on any atom is -0.497 e. The van der Waals surface area contributed by atoms with Crippen LogP contribution in [0.15, 0.2) is 114 Å². The monoisotopic (exact) mass is 565 g/mol. The van der Waals surface area contributed by atoms with Gasteiger partial charge in [0.25, 0.3) is 11.8 Å². The molecule has 0 fully saturated rings. The molecule has 1 aromatic heterocycles. The average Bonchev–Trinajstić information content (AvgIpc) is 3.46. The van der Waals surface area contributed by atoms with Crippen molar-refractivity contribution >= 4 is 28.6 Å². The van der Waals surface area contributed by atoms with E-state index in [1.165, 1.54) is 6.07 Å². The van der Waals surface area contributed by atoms with Gasteiger partial charge in [-0.05, 0) is 59.2 Å². The van der Waals surface area contributed by atoms with Crippen molar-refractivity contribution in [3.05, 3.63) is 126 Å². The van der Waals surface area contributed by atoms with Gasteiger partial charge in [-0.3, -0.25) is 9.59 Å². The van der Waals surface area contributed by atoms with Crippen molar-refractivity contribution in [2.24, 2.45) is 0 Å². The summed E-state index contributed by atoms with van der Waals surface area (Å²) < 4.78 is 26.3. The molecule has 4 N–H and O–H groups in total. The van der Waals surface area contributed by atoms with Crippen LogP contribution in [-0.2, 0) is 17.6 Å². The summed E-state index contributed by atoms with van der Waals surface area (Å²) in [5.74, 6) is 0.0409. The largest absolute Gasteiger partial charge is 0.497 e. The summed E-state index contributed by atoms with van der Waals surface area (Å²) in [6.45, 7) is 0.245. The SMILES string of the molecule is COc1ccc(-c2cc(-c3ccccc3)[nH]c2C(=O)NCc2ccc(C(=O)Nc3ccccc3S(=O)O)cc2)cc1. The Kier molecular flexibility index (Phi) is 8.38.